The number of amides is 1. The van der Waals surface area contributed by atoms with Crippen molar-refractivity contribution in [1.29, 1.82) is 0 Å². The van der Waals surface area contributed by atoms with Crippen LogP contribution in [0, 0.1) is 13.8 Å². The van der Waals surface area contributed by atoms with Crippen LogP contribution in [-0.2, 0) is 11.2 Å². The maximum Gasteiger partial charge on any atom is 0.224 e. The summed E-state index contributed by atoms with van der Waals surface area (Å²) in [6, 6.07) is 12.0. The van der Waals surface area contributed by atoms with Gasteiger partial charge in [-0.2, -0.15) is 0 Å². The van der Waals surface area contributed by atoms with Gasteiger partial charge in [0.2, 0.25) is 5.91 Å². The number of hydrogen-bond acceptors (Lipinski definition) is 3. The minimum absolute atomic E-state index is 0.0150. The zero-order chi connectivity index (χ0) is 19.6. The normalized spacial score (nSPS) is 10.5. The third-order valence-electron chi connectivity index (χ3n) is 4.21. The Kier molecular flexibility index (Phi) is 8.18. The fourth-order valence-electron chi connectivity index (χ4n) is 2.95. The van der Waals surface area contributed by atoms with Crippen molar-refractivity contribution in [3.8, 4) is 11.5 Å². The van der Waals surface area contributed by atoms with Crippen molar-refractivity contribution < 1.29 is 14.3 Å². The molecule has 2 aromatic rings. The summed E-state index contributed by atoms with van der Waals surface area (Å²) in [5.74, 6) is 1.54. The van der Waals surface area contributed by atoms with Crippen LogP contribution in [-0.4, -0.2) is 19.1 Å². The molecule has 0 saturated heterocycles. The number of benzene rings is 2. The van der Waals surface area contributed by atoms with Crippen LogP contribution in [0.5, 0.6) is 11.5 Å². The van der Waals surface area contributed by atoms with Crippen LogP contribution in [0.1, 0.15) is 49.8 Å². The predicted molar refractivity (Wildman–Crippen MR) is 111 cm³/mol. The van der Waals surface area contributed by atoms with Gasteiger partial charge in [-0.1, -0.05) is 25.5 Å². The molecule has 0 spiro atoms. The predicted octanol–water partition coefficient (Wildman–Crippen LogP) is 5.45. The molecule has 146 valence electrons. The molecule has 0 radical (unpaired) electrons. The molecule has 0 unspecified atom stereocenters. The Morgan fingerprint density at radius 3 is 2.37 bits per heavy atom. The van der Waals surface area contributed by atoms with Gasteiger partial charge in [0.15, 0.2) is 11.5 Å². The first kappa shape index (κ1) is 20.8. The van der Waals surface area contributed by atoms with Crippen LogP contribution in [0.3, 0.4) is 0 Å². The molecule has 0 saturated carbocycles. The zero-order valence-corrected chi connectivity index (χ0v) is 16.9. The van der Waals surface area contributed by atoms with Crippen LogP contribution in [0.15, 0.2) is 36.4 Å². The molecule has 0 atom stereocenters. The molecule has 0 aliphatic carbocycles. The molecule has 4 nitrogen and oxygen atoms in total. The summed E-state index contributed by atoms with van der Waals surface area (Å²) in [7, 11) is 0. The van der Waals surface area contributed by atoms with Gasteiger partial charge in [0.05, 0.1) is 13.2 Å². The monoisotopic (exact) mass is 369 g/mol. The summed E-state index contributed by atoms with van der Waals surface area (Å²) in [6.45, 7) is 9.43. The second-order valence-electron chi connectivity index (χ2n) is 6.84. The highest BCUT2D eigenvalue weighted by molar-refractivity contribution is 5.91. The molecule has 27 heavy (non-hydrogen) atoms. The summed E-state index contributed by atoms with van der Waals surface area (Å²) in [5, 5.41) is 2.98. The minimum atomic E-state index is 0.0150. The van der Waals surface area contributed by atoms with E-state index < -0.39 is 0 Å². The third-order valence-corrected chi connectivity index (χ3v) is 4.21. The highest BCUT2D eigenvalue weighted by atomic mass is 16.5. The van der Waals surface area contributed by atoms with E-state index in [1.807, 2.05) is 51.1 Å². The summed E-state index contributed by atoms with van der Waals surface area (Å²) in [4.78, 5) is 12.3. The zero-order valence-electron chi connectivity index (χ0n) is 16.9. The average Bonchev–Trinajstić information content (AvgIpc) is 2.61. The van der Waals surface area contributed by atoms with Gasteiger partial charge < -0.3 is 14.8 Å². The van der Waals surface area contributed by atoms with Gasteiger partial charge >= 0.3 is 0 Å². The topological polar surface area (TPSA) is 47.6 Å². The largest absolute Gasteiger partial charge is 0.490 e. The Labute approximate surface area is 162 Å². The molecule has 0 heterocycles. The quantitative estimate of drug-likeness (QED) is 0.566. The lowest BCUT2D eigenvalue weighted by Gasteiger charge is -2.13. The van der Waals surface area contributed by atoms with Crippen LogP contribution in [0.4, 0.5) is 5.69 Å². The number of anilines is 1. The fourth-order valence-corrected chi connectivity index (χ4v) is 2.95. The maximum absolute atomic E-state index is 12.3. The first-order valence-corrected chi connectivity index (χ1v) is 9.78. The lowest BCUT2D eigenvalue weighted by molar-refractivity contribution is -0.116. The average molecular weight is 370 g/mol. The Balaban J connectivity index is 1.95. The second-order valence-corrected chi connectivity index (χ2v) is 6.84. The Hall–Kier alpha value is -2.49. The highest BCUT2D eigenvalue weighted by Crippen LogP contribution is 2.29. The van der Waals surface area contributed by atoms with Crippen molar-refractivity contribution in [1.82, 2.24) is 0 Å². The van der Waals surface area contributed by atoms with E-state index in [-0.39, 0.29) is 5.91 Å². The van der Waals surface area contributed by atoms with Gasteiger partial charge in [0, 0.05) is 12.1 Å². The van der Waals surface area contributed by atoms with Gasteiger partial charge in [-0.15, -0.1) is 0 Å². The standard InChI is InChI=1S/C23H31NO3/c1-5-7-12-27-21-10-8-19(16-22(21)26-6-2)9-11-23(25)24-20-14-17(3)13-18(4)15-20/h8,10,13-16H,5-7,9,11-12H2,1-4H3,(H,24,25). The Morgan fingerprint density at radius 2 is 1.70 bits per heavy atom. The molecule has 2 aromatic carbocycles. The van der Waals surface area contributed by atoms with E-state index in [2.05, 4.69) is 18.3 Å². The summed E-state index contributed by atoms with van der Waals surface area (Å²) >= 11 is 0. The number of carbonyl (C=O) groups excluding carboxylic acids is 1. The number of unbranched alkanes of at least 4 members (excludes halogenated alkanes) is 1. The molecule has 0 aliphatic heterocycles. The van der Waals surface area contributed by atoms with E-state index in [0.29, 0.717) is 26.1 Å². The number of aryl methyl sites for hydroxylation is 3. The van der Waals surface area contributed by atoms with Gasteiger partial charge in [-0.05, 0) is 74.6 Å². The summed E-state index contributed by atoms with van der Waals surface area (Å²) in [6.07, 6.45) is 3.20. The molecule has 1 N–H and O–H groups in total. The SMILES string of the molecule is CCCCOc1ccc(CCC(=O)Nc2cc(C)cc(C)c2)cc1OCC. The summed E-state index contributed by atoms with van der Waals surface area (Å²) in [5.41, 5.74) is 4.21. The Bertz CT molecular complexity index is 735. The number of carbonyl (C=O) groups is 1. The number of rotatable bonds is 10. The lowest BCUT2D eigenvalue weighted by atomic mass is 10.1. The van der Waals surface area contributed by atoms with Crippen molar-refractivity contribution in [2.45, 2.75) is 53.4 Å². The molecule has 2 rings (SSSR count). The van der Waals surface area contributed by atoms with Gasteiger partial charge in [-0.3, -0.25) is 4.79 Å². The van der Waals surface area contributed by atoms with E-state index in [1.165, 1.54) is 0 Å². The summed E-state index contributed by atoms with van der Waals surface area (Å²) < 4.78 is 11.5. The van der Waals surface area contributed by atoms with Crippen LogP contribution < -0.4 is 14.8 Å². The number of ether oxygens (including phenoxy) is 2. The van der Waals surface area contributed by atoms with Crippen LogP contribution in [0.2, 0.25) is 0 Å². The van der Waals surface area contributed by atoms with E-state index in [4.69, 9.17) is 9.47 Å². The van der Waals surface area contributed by atoms with E-state index in [0.717, 1.165) is 46.7 Å². The number of nitrogens with one attached hydrogen (secondary N) is 1. The van der Waals surface area contributed by atoms with Crippen molar-refractivity contribution in [2.24, 2.45) is 0 Å². The smallest absolute Gasteiger partial charge is 0.224 e. The second kappa shape index (κ2) is 10.6. The van der Waals surface area contributed by atoms with E-state index in [1.54, 1.807) is 0 Å². The maximum atomic E-state index is 12.3. The van der Waals surface area contributed by atoms with Gasteiger partial charge in [-0.25, -0.2) is 0 Å². The van der Waals surface area contributed by atoms with Crippen molar-refractivity contribution >= 4 is 11.6 Å². The van der Waals surface area contributed by atoms with Crippen LogP contribution >= 0.6 is 0 Å². The first-order valence-electron chi connectivity index (χ1n) is 9.78. The van der Waals surface area contributed by atoms with Crippen molar-refractivity contribution in [3.63, 3.8) is 0 Å². The van der Waals surface area contributed by atoms with Crippen molar-refractivity contribution in [2.75, 3.05) is 18.5 Å². The highest BCUT2D eigenvalue weighted by Gasteiger charge is 2.09. The fraction of sp³-hybridized carbons (Fsp3) is 0.435. The lowest BCUT2D eigenvalue weighted by Crippen LogP contribution is -2.12. The molecule has 0 bridgehead atoms. The van der Waals surface area contributed by atoms with E-state index >= 15 is 0 Å². The first-order chi connectivity index (χ1) is 13.0. The molecular weight excluding hydrogens is 338 g/mol. The number of hydrogen-bond donors (Lipinski definition) is 1. The molecule has 0 fully saturated rings. The molecule has 0 aromatic heterocycles. The van der Waals surface area contributed by atoms with E-state index in [9.17, 15) is 4.79 Å². The Morgan fingerprint density at radius 1 is 0.963 bits per heavy atom. The molecular formula is C23H31NO3. The van der Waals surface area contributed by atoms with Gasteiger partial charge in [0.25, 0.3) is 0 Å². The van der Waals surface area contributed by atoms with Gasteiger partial charge in [0.1, 0.15) is 0 Å². The molecule has 1 amide bonds. The third kappa shape index (κ3) is 6.97. The van der Waals surface area contributed by atoms with Crippen LogP contribution in [0.25, 0.3) is 0 Å². The minimum Gasteiger partial charge on any atom is -0.490 e. The molecule has 0 aliphatic rings. The molecule has 4 heteroatoms. The van der Waals surface area contributed by atoms with Crippen molar-refractivity contribution in [3.05, 3.63) is 53.1 Å².